The van der Waals surface area contributed by atoms with Crippen molar-refractivity contribution in [2.45, 2.75) is 79.3 Å². The van der Waals surface area contributed by atoms with Crippen LogP contribution in [0.15, 0.2) is 6.07 Å². The van der Waals surface area contributed by atoms with Gasteiger partial charge >= 0.3 is 0 Å². The van der Waals surface area contributed by atoms with Crippen molar-refractivity contribution in [1.29, 1.82) is 0 Å². The van der Waals surface area contributed by atoms with Gasteiger partial charge in [-0.2, -0.15) is 5.10 Å². The normalized spacial score (nSPS) is 14.2. The summed E-state index contributed by atoms with van der Waals surface area (Å²) in [5, 5.41) is 16.9. The molecule has 0 saturated carbocycles. The Hall–Kier alpha value is -1.36. The van der Waals surface area contributed by atoms with E-state index in [-0.39, 0.29) is 35.4 Å². The quantitative estimate of drug-likeness (QED) is 0.874. The monoisotopic (exact) mass is 323 g/mol. The van der Waals surface area contributed by atoms with Crippen molar-refractivity contribution in [3.05, 3.63) is 17.5 Å². The fourth-order valence-corrected chi connectivity index (χ4v) is 2.61. The number of carbonyl (C=O) groups excluding carboxylic acids is 1. The van der Waals surface area contributed by atoms with Gasteiger partial charge in [-0.05, 0) is 44.6 Å². The molecule has 0 radical (unpaired) electrons. The highest BCUT2D eigenvalue weighted by molar-refractivity contribution is 5.92. The first-order valence-corrected chi connectivity index (χ1v) is 8.37. The second-order valence-corrected chi connectivity index (χ2v) is 8.81. The molecule has 0 bridgehead atoms. The predicted molar refractivity (Wildman–Crippen MR) is 93.7 cm³/mol. The number of aliphatic hydroxyl groups excluding tert-OH is 1. The average molecular weight is 323 g/mol. The Balaban J connectivity index is 3.00. The molecule has 1 rings (SSSR count). The molecular weight excluding hydrogens is 290 g/mol. The van der Waals surface area contributed by atoms with E-state index < -0.39 is 0 Å². The van der Waals surface area contributed by atoms with Crippen LogP contribution >= 0.6 is 0 Å². The summed E-state index contributed by atoms with van der Waals surface area (Å²) in [6.45, 7) is 16.6. The first-order chi connectivity index (χ1) is 10.3. The highest BCUT2D eigenvalue weighted by atomic mass is 16.3. The summed E-state index contributed by atoms with van der Waals surface area (Å²) >= 11 is 0. The lowest BCUT2D eigenvalue weighted by Gasteiger charge is -2.25. The van der Waals surface area contributed by atoms with E-state index in [0.29, 0.717) is 12.1 Å². The maximum atomic E-state index is 12.5. The van der Waals surface area contributed by atoms with Crippen molar-refractivity contribution in [3.63, 3.8) is 0 Å². The summed E-state index contributed by atoms with van der Waals surface area (Å²) < 4.78 is 1.92. The van der Waals surface area contributed by atoms with Crippen LogP contribution in [-0.2, 0) is 5.54 Å². The number of carbonyl (C=O) groups is 1. The second-order valence-electron chi connectivity index (χ2n) is 8.81. The van der Waals surface area contributed by atoms with E-state index in [0.717, 1.165) is 5.69 Å². The van der Waals surface area contributed by atoms with Crippen molar-refractivity contribution < 1.29 is 9.90 Å². The smallest absolute Gasteiger partial charge is 0.272 e. The van der Waals surface area contributed by atoms with E-state index in [1.807, 2.05) is 10.7 Å². The molecule has 1 atom stereocenters. The van der Waals surface area contributed by atoms with Gasteiger partial charge in [-0.1, -0.05) is 34.6 Å². The zero-order valence-electron chi connectivity index (χ0n) is 15.9. The van der Waals surface area contributed by atoms with Crippen molar-refractivity contribution in [1.82, 2.24) is 15.1 Å². The van der Waals surface area contributed by atoms with Crippen LogP contribution in [0, 0.1) is 5.41 Å². The summed E-state index contributed by atoms with van der Waals surface area (Å²) in [5.74, 6) is 0.0599. The molecule has 0 fully saturated rings. The molecule has 1 heterocycles. The molecule has 0 aliphatic heterocycles. The van der Waals surface area contributed by atoms with Crippen LogP contribution in [0.2, 0.25) is 0 Å². The molecule has 1 aromatic rings. The molecule has 0 aliphatic rings. The third kappa shape index (κ3) is 5.65. The maximum absolute atomic E-state index is 12.5. The molecule has 5 nitrogen and oxygen atoms in total. The summed E-state index contributed by atoms with van der Waals surface area (Å²) in [5.41, 5.74) is 1.31. The van der Waals surface area contributed by atoms with Gasteiger partial charge in [0.1, 0.15) is 5.69 Å². The van der Waals surface area contributed by atoms with Gasteiger partial charge in [0.25, 0.3) is 5.91 Å². The molecule has 1 amide bonds. The van der Waals surface area contributed by atoms with Gasteiger partial charge in [0.05, 0.1) is 18.2 Å². The van der Waals surface area contributed by atoms with Gasteiger partial charge in [-0.15, -0.1) is 0 Å². The summed E-state index contributed by atoms with van der Waals surface area (Å²) in [4.78, 5) is 12.5. The summed E-state index contributed by atoms with van der Waals surface area (Å²) in [7, 11) is 0. The minimum atomic E-state index is -0.259. The highest BCUT2D eigenvalue weighted by Crippen LogP contribution is 2.24. The number of nitrogens with one attached hydrogen (secondary N) is 1. The Kier molecular flexibility index (Phi) is 6.02. The molecule has 132 valence electrons. The van der Waals surface area contributed by atoms with Crippen molar-refractivity contribution in [2.24, 2.45) is 5.41 Å². The fourth-order valence-electron chi connectivity index (χ4n) is 2.61. The number of nitrogens with zero attached hydrogens (tertiary/aromatic N) is 2. The van der Waals surface area contributed by atoms with E-state index in [2.05, 4.69) is 65.8 Å². The lowest BCUT2D eigenvalue weighted by Crippen LogP contribution is -2.40. The van der Waals surface area contributed by atoms with Gasteiger partial charge in [0.2, 0.25) is 0 Å². The Morgan fingerprint density at radius 3 is 2.17 bits per heavy atom. The predicted octanol–water partition coefficient (Wildman–Crippen LogP) is 3.29. The topological polar surface area (TPSA) is 67.2 Å². The number of aliphatic hydroxyl groups is 1. The molecule has 0 spiro atoms. The van der Waals surface area contributed by atoms with E-state index in [4.69, 9.17) is 0 Å². The van der Waals surface area contributed by atoms with Crippen molar-refractivity contribution in [3.8, 4) is 0 Å². The first kappa shape index (κ1) is 19.7. The molecule has 1 aromatic heterocycles. The van der Waals surface area contributed by atoms with Gasteiger partial charge < -0.3 is 10.4 Å². The van der Waals surface area contributed by atoms with Crippen molar-refractivity contribution in [2.75, 3.05) is 6.61 Å². The van der Waals surface area contributed by atoms with Crippen LogP contribution in [0.5, 0.6) is 0 Å². The van der Waals surface area contributed by atoms with Crippen LogP contribution in [0.4, 0.5) is 0 Å². The Morgan fingerprint density at radius 2 is 1.83 bits per heavy atom. The van der Waals surface area contributed by atoms with Crippen molar-refractivity contribution >= 4 is 5.91 Å². The highest BCUT2D eigenvalue weighted by Gasteiger charge is 2.25. The molecule has 1 unspecified atom stereocenters. The zero-order valence-corrected chi connectivity index (χ0v) is 15.9. The van der Waals surface area contributed by atoms with Crippen LogP contribution in [0.3, 0.4) is 0 Å². The minimum absolute atomic E-state index is 0.0362. The molecule has 0 saturated heterocycles. The van der Waals surface area contributed by atoms with E-state index in [9.17, 15) is 9.90 Å². The lowest BCUT2D eigenvalue weighted by molar-refractivity contribution is 0.0891. The fraction of sp³-hybridized carbons (Fsp3) is 0.778. The maximum Gasteiger partial charge on any atom is 0.272 e. The average Bonchev–Trinajstić information content (AvgIpc) is 2.81. The lowest BCUT2D eigenvalue weighted by atomic mass is 9.88. The Bertz CT molecular complexity index is 533. The van der Waals surface area contributed by atoms with Gasteiger partial charge in [-0.25, -0.2) is 0 Å². The number of hydrogen-bond donors (Lipinski definition) is 2. The SMILES string of the molecule is CC(C)c1cc(C(=O)NC(CO)CC(C)(C)C)nn1C(C)(C)C. The van der Waals surface area contributed by atoms with Crippen LogP contribution < -0.4 is 5.32 Å². The summed E-state index contributed by atoms with van der Waals surface area (Å²) in [6.07, 6.45) is 0.715. The third-order valence-corrected chi connectivity index (χ3v) is 3.61. The van der Waals surface area contributed by atoms with E-state index >= 15 is 0 Å². The number of hydrogen-bond acceptors (Lipinski definition) is 3. The standard InChI is InChI=1S/C18H33N3O2/c1-12(2)15-9-14(20-21(15)18(6,7)8)16(23)19-13(11-22)10-17(3,4)5/h9,12-13,22H,10-11H2,1-8H3,(H,19,23). The van der Waals surface area contributed by atoms with Gasteiger partial charge in [0, 0.05) is 5.69 Å². The number of rotatable bonds is 5. The molecule has 0 aliphatic carbocycles. The van der Waals surface area contributed by atoms with E-state index in [1.165, 1.54) is 0 Å². The largest absolute Gasteiger partial charge is 0.394 e. The van der Waals surface area contributed by atoms with Crippen LogP contribution in [-0.4, -0.2) is 33.4 Å². The Morgan fingerprint density at radius 1 is 1.26 bits per heavy atom. The molecule has 23 heavy (non-hydrogen) atoms. The van der Waals surface area contributed by atoms with Gasteiger partial charge in [-0.3, -0.25) is 9.48 Å². The minimum Gasteiger partial charge on any atom is -0.394 e. The first-order valence-electron chi connectivity index (χ1n) is 8.37. The third-order valence-electron chi connectivity index (χ3n) is 3.61. The zero-order chi connectivity index (χ0) is 18.0. The Labute approximate surface area is 140 Å². The number of amides is 1. The van der Waals surface area contributed by atoms with Crippen LogP contribution in [0.25, 0.3) is 0 Å². The molecule has 5 heteroatoms. The molecule has 2 N–H and O–H groups in total. The van der Waals surface area contributed by atoms with E-state index in [1.54, 1.807) is 0 Å². The molecule has 0 aromatic carbocycles. The van der Waals surface area contributed by atoms with Gasteiger partial charge in [0.15, 0.2) is 0 Å². The summed E-state index contributed by atoms with van der Waals surface area (Å²) in [6, 6.07) is 1.60. The number of aromatic nitrogens is 2. The second kappa shape index (κ2) is 7.04. The van der Waals surface area contributed by atoms with Crippen LogP contribution in [0.1, 0.15) is 83.9 Å². The molecular formula is C18H33N3O2.